The Morgan fingerprint density at radius 3 is 2.72 bits per heavy atom. The van der Waals surface area contributed by atoms with E-state index in [0.29, 0.717) is 43.0 Å². The van der Waals surface area contributed by atoms with Crippen molar-refractivity contribution < 1.29 is 9.53 Å². The molecule has 0 N–H and O–H groups in total. The van der Waals surface area contributed by atoms with E-state index in [1.54, 1.807) is 12.4 Å². The van der Waals surface area contributed by atoms with E-state index in [4.69, 9.17) is 4.74 Å². The van der Waals surface area contributed by atoms with Crippen LogP contribution in [0.3, 0.4) is 0 Å². The van der Waals surface area contributed by atoms with Crippen LogP contribution in [0.2, 0.25) is 0 Å². The minimum Gasteiger partial charge on any atom is -0.378 e. The van der Waals surface area contributed by atoms with Gasteiger partial charge in [0.25, 0.3) is 0 Å². The molecular formula is C21H23N5O2S. The Kier molecular flexibility index (Phi) is 5.92. The fourth-order valence-electron chi connectivity index (χ4n) is 3.35. The molecule has 0 aliphatic carbocycles. The number of hydrogen-bond acceptors (Lipinski definition) is 6. The van der Waals surface area contributed by atoms with E-state index >= 15 is 0 Å². The van der Waals surface area contributed by atoms with Crippen LogP contribution in [0.5, 0.6) is 0 Å². The Balaban J connectivity index is 1.66. The number of nitrogens with zero attached hydrogens (tertiary/aromatic N) is 5. The molecule has 1 fully saturated rings. The maximum absolute atomic E-state index is 12.6. The molecule has 3 aromatic rings. The standard InChI is InChI=1S/C21H23N5O2S/c1-15-5-6-18(16(2)12-15)26-20(17-4-3-7-22-13-17)23-24-21(26)29-14-19(27)25-8-10-28-11-9-25/h3-7,12-13H,8-11,14H2,1-2H3. The quantitative estimate of drug-likeness (QED) is 0.604. The first-order chi connectivity index (χ1) is 14.1. The minimum absolute atomic E-state index is 0.0939. The maximum Gasteiger partial charge on any atom is 0.233 e. The number of aryl methyl sites for hydroxylation is 2. The summed E-state index contributed by atoms with van der Waals surface area (Å²) in [6, 6.07) is 10.1. The molecule has 4 rings (SSSR count). The van der Waals surface area contributed by atoms with Gasteiger partial charge in [-0.3, -0.25) is 14.3 Å². The van der Waals surface area contributed by atoms with E-state index in [9.17, 15) is 4.79 Å². The SMILES string of the molecule is Cc1ccc(-n2c(SCC(=O)N3CCOCC3)nnc2-c2cccnc2)c(C)c1. The van der Waals surface area contributed by atoms with Gasteiger partial charge in [-0.05, 0) is 37.6 Å². The van der Waals surface area contributed by atoms with Crippen LogP contribution in [0, 0.1) is 13.8 Å². The van der Waals surface area contributed by atoms with Crippen LogP contribution in [0.1, 0.15) is 11.1 Å². The summed E-state index contributed by atoms with van der Waals surface area (Å²) in [5.41, 5.74) is 4.20. The van der Waals surface area contributed by atoms with Crippen molar-refractivity contribution in [2.45, 2.75) is 19.0 Å². The van der Waals surface area contributed by atoms with Crippen LogP contribution in [0.25, 0.3) is 17.1 Å². The van der Waals surface area contributed by atoms with Gasteiger partial charge in [0.2, 0.25) is 5.91 Å². The number of thioether (sulfide) groups is 1. The molecule has 8 heteroatoms. The molecule has 0 unspecified atom stereocenters. The summed E-state index contributed by atoms with van der Waals surface area (Å²) in [7, 11) is 0. The molecule has 1 amide bonds. The van der Waals surface area contributed by atoms with Crippen molar-refractivity contribution in [2.24, 2.45) is 0 Å². The highest BCUT2D eigenvalue weighted by atomic mass is 32.2. The first-order valence-corrected chi connectivity index (χ1v) is 10.5. The monoisotopic (exact) mass is 409 g/mol. The highest BCUT2D eigenvalue weighted by molar-refractivity contribution is 7.99. The predicted octanol–water partition coefficient (Wildman–Crippen LogP) is 2.90. The van der Waals surface area contributed by atoms with Crippen LogP contribution in [-0.2, 0) is 9.53 Å². The van der Waals surface area contributed by atoms with Gasteiger partial charge in [0.15, 0.2) is 11.0 Å². The van der Waals surface area contributed by atoms with Crippen LogP contribution in [-0.4, -0.2) is 62.6 Å². The third-order valence-corrected chi connectivity index (χ3v) is 5.75. The molecule has 0 atom stereocenters. The number of amides is 1. The lowest BCUT2D eigenvalue weighted by Crippen LogP contribution is -2.41. The molecule has 29 heavy (non-hydrogen) atoms. The van der Waals surface area contributed by atoms with Gasteiger partial charge < -0.3 is 9.64 Å². The van der Waals surface area contributed by atoms with Crippen LogP contribution in [0.15, 0.2) is 47.9 Å². The topological polar surface area (TPSA) is 73.1 Å². The van der Waals surface area contributed by atoms with Gasteiger partial charge in [-0.25, -0.2) is 0 Å². The first kappa shape index (κ1) is 19.6. The molecule has 0 saturated carbocycles. The number of aromatic nitrogens is 4. The Morgan fingerprint density at radius 1 is 1.17 bits per heavy atom. The summed E-state index contributed by atoms with van der Waals surface area (Å²) in [5.74, 6) is 1.12. The normalized spacial score (nSPS) is 14.2. The van der Waals surface area contributed by atoms with Crippen molar-refractivity contribution in [3.63, 3.8) is 0 Å². The maximum atomic E-state index is 12.6. The molecule has 1 aromatic carbocycles. The minimum atomic E-state index is 0.0939. The van der Waals surface area contributed by atoms with Crippen LogP contribution in [0.4, 0.5) is 0 Å². The average molecular weight is 410 g/mol. The van der Waals surface area contributed by atoms with E-state index in [1.807, 2.05) is 21.6 Å². The lowest BCUT2D eigenvalue weighted by molar-refractivity contribution is -0.132. The van der Waals surface area contributed by atoms with Gasteiger partial charge in [-0.15, -0.1) is 10.2 Å². The van der Waals surface area contributed by atoms with E-state index in [2.05, 4.69) is 47.2 Å². The third-order valence-electron chi connectivity index (χ3n) is 4.83. The Bertz CT molecular complexity index is 1000. The van der Waals surface area contributed by atoms with E-state index in [-0.39, 0.29) is 5.91 Å². The number of carbonyl (C=O) groups is 1. The molecule has 0 radical (unpaired) electrons. The summed E-state index contributed by atoms with van der Waals surface area (Å²) in [6.45, 7) is 6.62. The van der Waals surface area contributed by atoms with Crippen molar-refractivity contribution >= 4 is 17.7 Å². The zero-order valence-corrected chi connectivity index (χ0v) is 17.4. The fraction of sp³-hybridized carbons (Fsp3) is 0.333. The molecule has 0 spiro atoms. The zero-order valence-electron chi connectivity index (χ0n) is 16.5. The molecule has 150 valence electrons. The molecule has 1 saturated heterocycles. The second-order valence-electron chi connectivity index (χ2n) is 6.96. The smallest absolute Gasteiger partial charge is 0.233 e. The largest absolute Gasteiger partial charge is 0.378 e. The van der Waals surface area contributed by atoms with Crippen molar-refractivity contribution in [1.29, 1.82) is 0 Å². The number of pyridine rings is 1. The molecular weight excluding hydrogens is 386 g/mol. The van der Waals surface area contributed by atoms with Gasteiger partial charge >= 0.3 is 0 Å². The summed E-state index contributed by atoms with van der Waals surface area (Å²) in [6.07, 6.45) is 3.51. The number of benzene rings is 1. The lowest BCUT2D eigenvalue weighted by Gasteiger charge is -2.26. The van der Waals surface area contributed by atoms with E-state index in [1.165, 1.54) is 17.3 Å². The fourth-order valence-corrected chi connectivity index (χ4v) is 4.20. The first-order valence-electron chi connectivity index (χ1n) is 9.55. The Labute approximate surface area is 174 Å². The summed E-state index contributed by atoms with van der Waals surface area (Å²) in [4.78, 5) is 18.6. The van der Waals surface area contributed by atoms with Crippen LogP contribution < -0.4 is 0 Å². The molecule has 3 heterocycles. The van der Waals surface area contributed by atoms with E-state index < -0.39 is 0 Å². The van der Waals surface area contributed by atoms with E-state index in [0.717, 1.165) is 16.8 Å². The van der Waals surface area contributed by atoms with Crippen LogP contribution >= 0.6 is 11.8 Å². The number of carbonyl (C=O) groups excluding carboxylic acids is 1. The number of morpholine rings is 1. The second kappa shape index (κ2) is 8.75. The van der Waals surface area contributed by atoms with Gasteiger partial charge in [0, 0.05) is 31.0 Å². The predicted molar refractivity (Wildman–Crippen MR) is 112 cm³/mol. The molecule has 2 aromatic heterocycles. The Hall–Kier alpha value is -2.71. The summed E-state index contributed by atoms with van der Waals surface area (Å²) >= 11 is 1.41. The molecule has 7 nitrogen and oxygen atoms in total. The van der Waals surface area contributed by atoms with Gasteiger partial charge in [0.1, 0.15) is 0 Å². The van der Waals surface area contributed by atoms with Gasteiger partial charge in [-0.2, -0.15) is 0 Å². The van der Waals surface area contributed by atoms with Gasteiger partial charge in [-0.1, -0.05) is 29.5 Å². The van der Waals surface area contributed by atoms with Crippen molar-refractivity contribution in [3.05, 3.63) is 53.9 Å². The van der Waals surface area contributed by atoms with Gasteiger partial charge in [0.05, 0.1) is 24.7 Å². The molecule has 1 aliphatic heterocycles. The average Bonchev–Trinajstić information content (AvgIpc) is 3.17. The van der Waals surface area contributed by atoms with Crippen molar-refractivity contribution in [2.75, 3.05) is 32.1 Å². The summed E-state index contributed by atoms with van der Waals surface area (Å²) in [5, 5.41) is 9.52. The Morgan fingerprint density at radius 2 is 2.00 bits per heavy atom. The zero-order chi connectivity index (χ0) is 20.2. The second-order valence-corrected chi connectivity index (χ2v) is 7.90. The molecule has 0 bridgehead atoms. The van der Waals surface area contributed by atoms with Crippen molar-refractivity contribution in [1.82, 2.24) is 24.6 Å². The number of rotatable bonds is 5. The highest BCUT2D eigenvalue weighted by Gasteiger charge is 2.21. The lowest BCUT2D eigenvalue weighted by atomic mass is 10.1. The molecule has 1 aliphatic rings. The number of hydrogen-bond donors (Lipinski definition) is 0. The number of ether oxygens (including phenoxy) is 1. The highest BCUT2D eigenvalue weighted by Crippen LogP contribution is 2.29. The van der Waals surface area contributed by atoms with Crippen molar-refractivity contribution in [3.8, 4) is 17.1 Å². The third kappa shape index (κ3) is 4.33. The summed E-state index contributed by atoms with van der Waals surface area (Å²) < 4.78 is 7.35.